The van der Waals surface area contributed by atoms with Crippen molar-refractivity contribution in [3.63, 3.8) is 0 Å². The van der Waals surface area contributed by atoms with Crippen LogP contribution in [0.15, 0.2) is 18.6 Å². The lowest BCUT2D eigenvalue weighted by Crippen LogP contribution is -2.19. The molecule has 1 unspecified atom stereocenters. The molecule has 2 aromatic rings. The van der Waals surface area contributed by atoms with Gasteiger partial charge in [0.25, 0.3) is 0 Å². The minimum absolute atomic E-state index is 0.354. The number of rotatable bonds is 5. The highest BCUT2D eigenvalue weighted by molar-refractivity contribution is 6.17. The fourth-order valence-corrected chi connectivity index (χ4v) is 2.13. The van der Waals surface area contributed by atoms with E-state index in [2.05, 4.69) is 22.2 Å². The van der Waals surface area contributed by atoms with Gasteiger partial charge in [0.1, 0.15) is 5.52 Å². The van der Waals surface area contributed by atoms with Gasteiger partial charge in [0.15, 0.2) is 5.82 Å². The van der Waals surface area contributed by atoms with Gasteiger partial charge < -0.3 is 9.88 Å². The molecule has 0 saturated heterocycles. The first-order valence-electron chi connectivity index (χ1n) is 5.84. The van der Waals surface area contributed by atoms with E-state index in [0.717, 1.165) is 29.7 Å². The lowest BCUT2D eigenvalue weighted by atomic mass is 10.1. The molecule has 0 aliphatic carbocycles. The van der Waals surface area contributed by atoms with E-state index < -0.39 is 0 Å². The quantitative estimate of drug-likeness (QED) is 0.832. The number of hydrogen-bond acceptors (Lipinski definition) is 3. The van der Waals surface area contributed by atoms with Crippen LogP contribution in [0.3, 0.4) is 0 Å². The van der Waals surface area contributed by atoms with Gasteiger partial charge in [-0.15, -0.1) is 11.6 Å². The van der Waals surface area contributed by atoms with Gasteiger partial charge in [-0.1, -0.05) is 6.92 Å². The summed E-state index contributed by atoms with van der Waals surface area (Å²) in [6.07, 6.45) is 5.57. The number of alkyl halides is 1. The summed E-state index contributed by atoms with van der Waals surface area (Å²) in [6, 6.07) is 2.32. The van der Waals surface area contributed by atoms with E-state index in [1.165, 1.54) is 0 Å². The molecule has 2 rings (SSSR count). The molecule has 1 N–H and O–H groups in total. The summed E-state index contributed by atoms with van der Waals surface area (Å²) < 4.78 is 1.99. The maximum absolute atomic E-state index is 5.78. The Morgan fingerprint density at radius 1 is 1.47 bits per heavy atom. The molecule has 0 radical (unpaired) electrons. The summed E-state index contributed by atoms with van der Waals surface area (Å²) in [7, 11) is 1.98. The molecule has 0 saturated carbocycles. The molecule has 0 aromatic carbocycles. The van der Waals surface area contributed by atoms with E-state index in [9.17, 15) is 0 Å². The molecule has 4 nitrogen and oxygen atoms in total. The molecule has 92 valence electrons. The first-order chi connectivity index (χ1) is 8.26. The third-order valence-electron chi connectivity index (χ3n) is 2.93. The number of halogens is 1. The van der Waals surface area contributed by atoms with Crippen molar-refractivity contribution in [1.29, 1.82) is 0 Å². The summed E-state index contributed by atoms with van der Waals surface area (Å²) >= 11 is 5.78. The van der Waals surface area contributed by atoms with Crippen LogP contribution >= 0.6 is 11.6 Å². The zero-order chi connectivity index (χ0) is 12.3. The average molecular weight is 253 g/mol. The number of aromatic nitrogens is 3. The topological polar surface area (TPSA) is 42.7 Å². The predicted molar refractivity (Wildman–Crippen MR) is 71.5 cm³/mol. The summed E-state index contributed by atoms with van der Waals surface area (Å²) in [5.41, 5.74) is 2.01. The van der Waals surface area contributed by atoms with Crippen LogP contribution in [0.4, 0.5) is 5.82 Å². The van der Waals surface area contributed by atoms with Crippen LogP contribution in [-0.2, 0) is 7.05 Å². The molecule has 0 aliphatic rings. The van der Waals surface area contributed by atoms with E-state index in [1.807, 2.05) is 17.7 Å². The Hall–Kier alpha value is -1.29. The van der Waals surface area contributed by atoms with E-state index in [4.69, 9.17) is 11.6 Å². The SMILES string of the molecule is CCC(CCCl)Nc1nccc2c1ncn2C. The van der Waals surface area contributed by atoms with Crippen LogP contribution < -0.4 is 5.32 Å². The number of aryl methyl sites for hydroxylation is 1. The highest BCUT2D eigenvalue weighted by Gasteiger charge is 2.11. The summed E-state index contributed by atoms with van der Waals surface area (Å²) in [4.78, 5) is 8.73. The molecular formula is C12H17ClN4. The first-order valence-corrected chi connectivity index (χ1v) is 6.38. The lowest BCUT2D eigenvalue weighted by molar-refractivity contribution is 0.673. The number of anilines is 1. The van der Waals surface area contributed by atoms with Gasteiger partial charge in [0, 0.05) is 25.2 Å². The Balaban J connectivity index is 2.29. The minimum Gasteiger partial charge on any atom is -0.365 e. The molecule has 0 aliphatic heterocycles. The highest BCUT2D eigenvalue weighted by Crippen LogP contribution is 2.20. The summed E-state index contributed by atoms with van der Waals surface area (Å²) in [5.74, 6) is 1.50. The predicted octanol–water partition coefficient (Wildman–Crippen LogP) is 2.79. The van der Waals surface area contributed by atoms with Gasteiger partial charge in [-0.25, -0.2) is 9.97 Å². The average Bonchev–Trinajstić information content (AvgIpc) is 2.72. The Bertz CT molecular complexity index is 494. The van der Waals surface area contributed by atoms with Crippen molar-refractivity contribution in [3.05, 3.63) is 18.6 Å². The van der Waals surface area contributed by atoms with E-state index in [1.54, 1.807) is 12.5 Å². The second kappa shape index (κ2) is 5.36. The van der Waals surface area contributed by atoms with Gasteiger partial charge in [0.2, 0.25) is 0 Å². The molecule has 0 amide bonds. The standard InChI is InChI=1S/C12H17ClN4/c1-3-9(4-6-13)16-12-11-10(5-7-14-12)17(2)8-15-11/h5,7-9H,3-4,6H2,1-2H3,(H,14,16). The number of nitrogens with zero attached hydrogens (tertiary/aromatic N) is 3. The fourth-order valence-electron chi connectivity index (χ4n) is 1.87. The molecule has 5 heteroatoms. The maximum Gasteiger partial charge on any atom is 0.154 e. The number of fused-ring (bicyclic) bond motifs is 1. The third-order valence-corrected chi connectivity index (χ3v) is 3.15. The molecule has 17 heavy (non-hydrogen) atoms. The molecule has 0 fully saturated rings. The van der Waals surface area contributed by atoms with Crippen LogP contribution in [0.5, 0.6) is 0 Å². The number of pyridine rings is 1. The Morgan fingerprint density at radius 2 is 2.29 bits per heavy atom. The van der Waals surface area contributed by atoms with Crippen molar-refractivity contribution in [2.75, 3.05) is 11.2 Å². The van der Waals surface area contributed by atoms with Crippen LogP contribution in [0.1, 0.15) is 19.8 Å². The molecular weight excluding hydrogens is 236 g/mol. The zero-order valence-electron chi connectivity index (χ0n) is 10.2. The Labute approximate surface area is 106 Å². The normalized spacial score (nSPS) is 12.9. The van der Waals surface area contributed by atoms with Gasteiger partial charge in [0.05, 0.1) is 11.8 Å². The van der Waals surface area contributed by atoms with Crippen molar-refractivity contribution in [3.8, 4) is 0 Å². The second-order valence-electron chi connectivity index (χ2n) is 4.11. The number of hydrogen-bond donors (Lipinski definition) is 1. The third kappa shape index (κ3) is 2.52. The summed E-state index contributed by atoms with van der Waals surface area (Å²) in [6.45, 7) is 2.14. The monoisotopic (exact) mass is 252 g/mol. The van der Waals surface area contributed by atoms with Crippen LogP contribution in [0.25, 0.3) is 11.0 Å². The minimum atomic E-state index is 0.354. The van der Waals surface area contributed by atoms with Crippen molar-refractivity contribution < 1.29 is 0 Å². The number of imidazole rings is 1. The Morgan fingerprint density at radius 3 is 3.00 bits per heavy atom. The van der Waals surface area contributed by atoms with Crippen LogP contribution in [0, 0.1) is 0 Å². The zero-order valence-corrected chi connectivity index (χ0v) is 10.9. The first kappa shape index (κ1) is 12.2. The van der Waals surface area contributed by atoms with Gasteiger partial charge in [-0.2, -0.15) is 0 Å². The van der Waals surface area contributed by atoms with E-state index in [0.29, 0.717) is 11.9 Å². The number of nitrogens with one attached hydrogen (secondary N) is 1. The largest absolute Gasteiger partial charge is 0.365 e. The maximum atomic E-state index is 5.78. The van der Waals surface area contributed by atoms with Gasteiger partial charge in [-0.3, -0.25) is 0 Å². The highest BCUT2D eigenvalue weighted by atomic mass is 35.5. The molecule has 2 heterocycles. The van der Waals surface area contributed by atoms with Gasteiger partial charge in [-0.05, 0) is 18.9 Å². The van der Waals surface area contributed by atoms with Crippen molar-refractivity contribution in [2.45, 2.75) is 25.8 Å². The van der Waals surface area contributed by atoms with Crippen molar-refractivity contribution in [2.24, 2.45) is 7.05 Å². The van der Waals surface area contributed by atoms with Crippen molar-refractivity contribution >= 4 is 28.5 Å². The summed E-state index contributed by atoms with van der Waals surface area (Å²) in [5, 5.41) is 3.41. The fraction of sp³-hybridized carbons (Fsp3) is 0.500. The van der Waals surface area contributed by atoms with Crippen LogP contribution in [0.2, 0.25) is 0 Å². The molecule has 2 aromatic heterocycles. The Kier molecular flexibility index (Phi) is 3.84. The smallest absolute Gasteiger partial charge is 0.154 e. The van der Waals surface area contributed by atoms with E-state index >= 15 is 0 Å². The van der Waals surface area contributed by atoms with Crippen molar-refractivity contribution in [1.82, 2.24) is 14.5 Å². The lowest BCUT2D eigenvalue weighted by Gasteiger charge is -2.16. The van der Waals surface area contributed by atoms with Crippen LogP contribution in [-0.4, -0.2) is 26.5 Å². The van der Waals surface area contributed by atoms with Gasteiger partial charge >= 0.3 is 0 Å². The molecule has 0 spiro atoms. The molecule has 0 bridgehead atoms. The van der Waals surface area contributed by atoms with E-state index in [-0.39, 0.29) is 0 Å². The second-order valence-corrected chi connectivity index (χ2v) is 4.49. The molecule has 1 atom stereocenters.